The molecule has 0 saturated heterocycles. The molecule has 1 aromatic rings. The smallest absolute Gasteiger partial charge is 0.271 e. The molecular formula is C10H9N3O3. The van der Waals surface area contributed by atoms with Crippen LogP contribution in [-0.2, 0) is 4.79 Å². The molecule has 0 aromatic heterocycles. The summed E-state index contributed by atoms with van der Waals surface area (Å²) in [6.45, 7) is 1.75. The van der Waals surface area contributed by atoms with E-state index in [0.717, 1.165) is 0 Å². The molecule has 1 heterocycles. The van der Waals surface area contributed by atoms with E-state index < -0.39 is 4.92 Å². The summed E-state index contributed by atoms with van der Waals surface area (Å²) in [6.07, 6.45) is 0.211. The molecule has 1 N–H and O–H groups in total. The normalized spacial score (nSPS) is 14.6. The summed E-state index contributed by atoms with van der Waals surface area (Å²) in [6, 6.07) is 4.21. The molecule has 0 unspecified atom stereocenters. The van der Waals surface area contributed by atoms with E-state index in [1.54, 1.807) is 6.92 Å². The van der Waals surface area contributed by atoms with Gasteiger partial charge >= 0.3 is 0 Å². The topological polar surface area (TPSA) is 84.6 Å². The van der Waals surface area contributed by atoms with Crippen molar-refractivity contribution in [3.05, 3.63) is 28.3 Å². The van der Waals surface area contributed by atoms with Crippen molar-refractivity contribution in [3.63, 3.8) is 0 Å². The summed E-state index contributed by atoms with van der Waals surface area (Å²) >= 11 is 0. The lowest BCUT2D eigenvalue weighted by atomic mass is 10.2. The van der Waals surface area contributed by atoms with Crippen LogP contribution in [0.15, 0.2) is 23.2 Å². The minimum absolute atomic E-state index is 0.0613. The third-order valence-electron chi connectivity index (χ3n) is 2.19. The number of rotatable bonds is 1. The lowest BCUT2D eigenvalue weighted by Crippen LogP contribution is -2.12. The van der Waals surface area contributed by atoms with Gasteiger partial charge in [-0.2, -0.15) is 0 Å². The molecule has 2 rings (SSSR count). The Morgan fingerprint density at radius 3 is 2.94 bits per heavy atom. The third kappa shape index (κ3) is 1.90. The molecule has 1 aromatic carbocycles. The van der Waals surface area contributed by atoms with Crippen LogP contribution >= 0.6 is 0 Å². The first kappa shape index (κ1) is 10.3. The van der Waals surface area contributed by atoms with E-state index in [9.17, 15) is 14.9 Å². The average molecular weight is 219 g/mol. The van der Waals surface area contributed by atoms with Crippen molar-refractivity contribution in [2.24, 2.45) is 4.99 Å². The van der Waals surface area contributed by atoms with E-state index >= 15 is 0 Å². The third-order valence-corrected chi connectivity index (χ3v) is 2.19. The summed E-state index contributed by atoms with van der Waals surface area (Å²) in [5.41, 5.74) is 1.56. The highest BCUT2D eigenvalue weighted by Gasteiger charge is 2.16. The Bertz CT molecular complexity index is 508. The monoisotopic (exact) mass is 219 g/mol. The van der Waals surface area contributed by atoms with Crippen molar-refractivity contribution in [2.45, 2.75) is 13.3 Å². The zero-order chi connectivity index (χ0) is 11.7. The Kier molecular flexibility index (Phi) is 2.40. The number of nitro groups is 1. The number of aliphatic imine (C=N–C) groups is 1. The van der Waals surface area contributed by atoms with Gasteiger partial charge in [-0.05, 0) is 13.0 Å². The van der Waals surface area contributed by atoms with Crippen molar-refractivity contribution in [1.82, 2.24) is 0 Å². The summed E-state index contributed by atoms with van der Waals surface area (Å²) in [5, 5.41) is 13.2. The van der Waals surface area contributed by atoms with E-state index in [-0.39, 0.29) is 18.0 Å². The molecule has 16 heavy (non-hydrogen) atoms. The Hall–Kier alpha value is -2.24. The lowest BCUT2D eigenvalue weighted by Gasteiger charge is -2.03. The van der Waals surface area contributed by atoms with Crippen molar-refractivity contribution >= 4 is 28.7 Å². The minimum atomic E-state index is -0.506. The highest BCUT2D eigenvalue weighted by molar-refractivity contribution is 6.09. The molecule has 0 fully saturated rings. The van der Waals surface area contributed by atoms with Crippen LogP contribution in [0.2, 0.25) is 0 Å². The average Bonchev–Trinajstić information content (AvgIpc) is 2.32. The van der Waals surface area contributed by atoms with Gasteiger partial charge < -0.3 is 5.32 Å². The molecule has 1 amide bonds. The largest absolute Gasteiger partial charge is 0.324 e. The standard InChI is InChI=1S/C10H9N3O3/c1-6-4-10(14)12-9-5-7(13(15)16)2-3-8(9)11-6/h2-3,5H,4H2,1H3,(H,12,14). The molecule has 0 spiro atoms. The van der Waals surface area contributed by atoms with Gasteiger partial charge in [-0.3, -0.25) is 19.9 Å². The van der Waals surface area contributed by atoms with Crippen molar-refractivity contribution in [2.75, 3.05) is 5.32 Å². The van der Waals surface area contributed by atoms with Gasteiger partial charge in [0, 0.05) is 17.8 Å². The first-order valence-electron chi connectivity index (χ1n) is 4.69. The number of nitrogens with zero attached hydrogens (tertiary/aromatic N) is 2. The Morgan fingerprint density at radius 2 is 2.25 bits per heavy atom. The van der Waals surface area contributed by atoms with Crippen LogP contribution in [0.4, 0.5) is 17.1 Å². The van der Waals surface area contributed by atoms with Crippen molar-refractivity contribution in [3.8, 4) is 0 Å². The number of anilines is 1. The second kappa shape index (κ2) is 3.73. The fourth-order valence-electron chi connectivity index (χ4n) is 1.51. The maximum atomic E-state index is 11.4. The van der Waals surface area contributed by atoms with Gasteiger partial charge in [-0.25, -0.2) is 0 Å². The van der Waals surface area contributed by atoms with Crippen LogP contribution in [0.1, 0.15) is 13.3 Å². The van der Waals surface area contributed by atoms with E-state index in [1.807, 2.05) is 0 Å². The second-order valence-corrected chi connectivity index (χ2v) is 3.53. The molecule has 0 saturated carbocycles. The molecule has 0 atom stereocenters. The van der Waals surface area contributed by atoms with Gasteiger partial charge in [0.2, 0.25) is 5.91 Å². The van der Waals surface area contributed by atoms with Crippen LogP contribution in [0.25, 0.3) is 0 Å². The van der Waals surface area contributed by atoms with Crippen LogP contribution in [0.3, 0.4) is 0 Å². The van der Waals surface area contributed by atoms with Gasteiger partial charge in [0.1, 0.15) is 0 Å². The molecule has 6 heteroatoms. The van der Waals surface area contributed by atoms with E-state index in [0.29, 0.717) is 17.1 Å². The number of hydrogen-bond acceptors (Lipinski definition) is 4. The van der Waals surface area contributed by atoms with Crippen LogP contribution in [0.5, 0.6) is 0 Å². The molecule has 0 aliphatic carbocycles. The number of benzene rings is 1. The summed E-state index contributed by atoms with van der Waals surface area (Å²) < 4.78 is 0. The lowest BCUT2D eigenvalue weighted by molar-refractivity contribution is -0.384. The molecule has 6 nitrogen and oxygen atoms in total. The van der Waals surface area contributed by atoms with Crippen LogP contribution in [0, 0.1) is 10.1 Å². The molecule has 1 aliphatic heterocycles. The second-order valence-electron chi connectivity index (χ2n) is 3.53. The van der Waals surface area contributed by atoms with E-state index in [2.05, 4.69) is 10.3 Å². The first-order valence-corrected chi connectivity index (χ1v) is 4.69. The molecule has 1 aliphatic rings. The van der Waals surface area contributed by atoms with Gasteiger partial charge in [-0.15, -0.1) is 0 Å². The molecule has 0 bridgehead atoms. The number of nitrogens with one attached hydrogen (secondary N) is 1. The fourth-order valence-corrected chi connectivity index (χ4v) is 1.51. The maximum Gasteiger partial charge on any atom is 0.271 e. The fraction of sp³-hybridized carbons (Fsp3) is 0.200. The SMILES string of the molecule is CC1=Nc2ccc([N+](=O)[O-])cc2NC(=O)C1. The predicted octanol–water partition coefficient (Wildman–Crippen LogP) is 2.03. The number of non-ortho nitro benzene ring substituents is 1. The summed E-state index contributed by atoms with van der Waals surface area (Å²) in [7, 11) is 0. The Morgan fingerprint density at radius 1 is 1.50 bits per heavy atom. The predicted molar refractivity (Wildman–Crippen MR) is 59.1 cm³/mol. The molecule has 0 radical (unpaired) electrons. The van der Waals surface area contributed by atoms with Gasteiger partial charge in [0.05, 0.1) is 22.7 Å². The zero-order valence-electron chi connectivity index (χ0n) is 8.56. The van der Waals surface area contributed by atoms with Gasteiger partial charge in [0.25, 0.3) is 5.69 Å². The van der Waals surface area contributed by atoms with Crippen molar-refractivity contribution in [1.29, 1.82) is 0 Å². The van der Waals surface area contributed by atoms with Crippen molar-refractivity contribution < 1.29 is 9.72 Å². The van der Waals surface area contributed by atoms with E-state index in [4.69, 9.17) is 0 Å². The van der Waals surface area contributed by atoms with Crippen LogP contribution in [-0.4, -0.2) is 16.5 Å². The maximum absolute atomic E-state index is 11.4. The Balaban J connectivity index is 2.51. The summed E-state index contributed by atoms with van der Waals surface area (Å²) in [4.78, 5) is 25.6. The number of carbonyl (C=O) groups is 1. The summed E-state index contributed by atoms with van der Waals surface area (Å²) in [5.74, 6) is -0.208. The zero-order valence-corrected chi connectivity index (χ0v) is 8.56. The number of carbonyl (C=O) groups excluding carboxylic acids is 1. The minimum Gasteiger partial charge on any atom is -0.324 e. The van der Waals surface area contributed by atoms with Crippen LogP contribution < -0.4 is 5.32 Å². The molecule has 82 valence electrons. The van der Waals surface area contributed by atoms with Gasteiger partial charge in [-0.1, -0.05) is 0 Å². The Labute approximate surface area is 91.1 Å². The number of fused-ring (bicyclic) bond motifs is 1. The number of hydrogen-bond donors (Lipinski definition) is 1. The van der Waals surface area contributed by atoms with Gasteiger partial charge in [0.15, 0.2) is 0 Å². The quantitative estimate of drug-likeness (QED) is 0.579. The number of nitro benzene ring substituents is 1. The molecular weight excluding hydrogens is 210 g/mol. The number of amides is 1. The highest BCUT2D eigenvalue weighted by Crippen LogP contribution is 2.31. The highest BCUT2D eigenvalue weighted by atomic mass is 16.6. The first-order chi connectivity index (χ1) is 7.56. The van der Waals surface area contributed by atoms with E-state index in [1.165, 1.54) is 18.2 Å².